The smallest absolute Gasteiger partial charge is 0.239 e. The number of carbonyl (C=O) groups is 1. The maximum atomic E-state index is 12.5. The fourth-order valence-electron chi connectivity index (χ4n) is 2.93. The van der Waals surface area contributed by atoms with E-state index in [9.17, 15) is 4.79 Å². The maximum absolute atomic E-state index is 12.5. The van der Waals surface area contributed by atoms with E-state index in [4.69, 9.17) is 11.6 Å². The number of rotatable bonds is 4. The van der Waals surface area contributed by atoms with Crippen LogP contribution in [0.25, 0.3) is 0 Å². The highest BCUT2D eigenvalue weighted by atomic mass is 35.5. The summed E-state index contributed by atoms with van der Waals surface area (Å²) in [6, 6.07) is 7.66. The zero-order valence-electron chi connectivity index (χ0n) is 12.9. The highest BCUT2D eigenvalue weighted by Gasteiger charge is 2.23. The number of amides is 1. The Bertz CT molecular complexity index is 470. The lowest BCUT2D eigenvalue weighted by Crippen LogP contribution is -2.46. The average molecular weight is 309 g/mol. The van der Waals surface area contributed by atoms with Gasteiger partial charge in [0, 0.05) is 24.2 Å². The maximum Gasteiger partial charge on any atom is 0.239 e. The molecule has 1 aromatic rings. The second-order valence-corrected chi connectivity index (χ2v) is 6.28. The molecule has 3 nitrogen and oxygen atoms in total. The zero-order valence-corrected chi connectivity index (χ0v) is 13.7. The molecule has 1 aliphatic heterocycles. The van der Waals surface area contributed by atoms with Gasteiger partial charge in [-0.05, 0) is 38.3 Å². The monoisotopic (exact) mass is 308 g/mol. The summed E-state index contributed by atoms with van der Waals surface area (Å²) in [6.07, 6.45) is 4.72. The first kappa shape index (κ1) is 16.3. The molecule has 0 spiro atoms. The number of hydrogen-bond acceptors (Lipinski definition) is 2. The van der Waals surface area contributed by atoms with Crippen LogP contribution in [0, 0.1) is 0 Å². The molecule has 0 aromatic heterocycles. The van der Waals surface area contributed by atoms with Crippen molar-refractivity contribution in [3.63, 3.8) is 0 Å². The van der Waals surface area contributed by atoms with E-state index in [2.05, 4.69) is 5.32 Å². The van der Waals surface area contributed by atoms with Crippen molar-refractivity contribution in [2.45, 2.75) is 51.6 Å². The summed E-state index contributed by atoms with van der Waals surface area (Å²) in [5.41, 5.74) is 1.04. The first-order valence-corrected chi connectivity index (χ1v) is 8.26. The molecule has 4 heteroatoms. The highest BCUT2D eigenvalue weighted by molar-refractivity contribution is 6.31. The predicted octanol–water partition coefficient (Wildman–Crippen LogP) is 3.78. The van der Waals surface area contributed by atoms with Crippen LogP contribution in [0.3, 0.4) is 0 Å². The van der Waals surface area contributed by atoms with Crippen molar-refractivity contribution < 1.29 is 4.79 Å². The minimum atomic E-state index is -0.186. The van der Waals surface area contributed by atoms with Crippen LogP contribution >= 0.6 is 11.6 Å². The van der Waals surface area contributed by atoms with Crippen LogP contribution in [0.5, 0.6) is 0 Å². The van der Waals surface area contributed by atoms with Crippen molar-refractivity contribution in [1.82, 2.24) is 10.2 Å². The van der Waals surface area contributed by atoms with Gasteiger partial charge in [-0.3, -0.25) is 10.1 Å². The molecule has 1 aromatic carbocycles. The van der Waals surface area contributed by atoms with Crippen molar-refractivity contribution >= 4 is 17.5 Å². The van der Waals surface area contributed by atoms with Crippen molar-refractivity contribution in [1.29, 1.82) is 0 Å². The molecule has 1 heterocycles. The first-order chi connectivity index (χ1) is 10.1. The molecule has 116 valence electrons. The molecule has 0 saturated carbocycles. The average Bonchev–Trinajstić information content (AvgIpc) is 2.75. The van der Waals surface area contributed by atoms with Gasteiger partial charge in [0.2, 0.25) is 5.91 Å². The molecule has 2 atom stereocenters. The lowest BCUT2D eigenvalue weighted by atomic mass is 10.1. The van der Waals surface area contributed by atoms with Crippen LogP contribution < -0.4 is 5.32 Å². The minimum absolute atomic E-state index is 0.0598. The molecule has 1 saturated heterocycles. The second-order valence-electron chi connectivity index (χ2n) is 5.87. The molecule has 0 aliphatic carbocycles. The van der Waals surface area contributed by atoms with Crippen LogP contribution in [0.15, 0.2) is 24.3 Å². The Balaban J connectivity index is 1.95. The largest absolute Gasteiger partial charge is 0.341 e. The van der Waals surface area contributed by atoms with Gasteiger partial charge in [0.1, 0.15) is 0 Å². The van der Waals surface area contributed by atoms with Crippen molar-refractivity contribution in [3.8, 4) is 0 Å². The van der Waals surface area contributed by atoms with Gasteiger partial charge >= 0.3 is 0 Å². The summed E-state index contributed by atoms with van der Waals surface area (Å²) in [5, 5.41) is 4.12. The van der Waals surface area contributed by atoms with Crippen LogP contribution in [0.2, 0.25) is 5.02 Å². The van der Waals surface area contributed by atoms with E-state index < -0.39 is 0 Å². The van der Waals surface area contributed by atoms with Crippen LogP contribution in [0.1, 0.15) is 51.1 Å². The number of likely N-dealkylation sites (tertiary alicyclic amines) is 1. The molecule has 0 radical (unpaired) electrons. The normalized spacial score (nSPS) is 18.9. The third-order valence-corrected chi connectivity index (χ3v) is 4.50. The Morgan fingerprint density at radius 2 is 1.76 bits per heavy atom. The van der Waals surface area contributed by atoms with Gasteiger partial charge in [0.05, 0.1) is 6.04 Å². The topological polar surface area (TPSA) is 32.3 Å². The molecule has 0 bridgehead atoms. The first-order valence-electron chi connectivity index (χ1n) is 7.89. The van der Waals surface area contributed by atoms with Gasteiger partial charge in [-0.1, -0.05) is 42.6 Å². The predicted molar refractivity (Wildman–Crippen MR) is 87.5 cm³/mol. The van der Waals surface area contributed by atoms with E-state index in [0.29, 0.717) is 0 Å². The Morgan fingerprint density at radius 3 is 2.38 bits per heavy atom. The molecule has 1 amide bonds. The Kier molecular flexibility index (Phi) is 6.07. The minimum Gasteiger partial charge on any atom is -0.341 e. The Labute approximate surface area is 132 Å². The lowest BCUT2D eigenvalue weighted by Gasteiger charge is -2.27. The fraction of sp³-hybridized carbons (Fsp3) is 0.588. The summed E-state index contributed by atoms with van der Waals surface area (Å²) in [5.74, 6) is 0.204. The number of halogens is 1. The van der Waals surface area contributed by atoms with Gasteiger partial charge in [-0.2, -0.15) is 0 Å². The molecule has 1 aliphatic rings. The van der Waals surface area contributed by atoms with Crippen LogP contribution in [-0.2, 0) is 4.79 Å². The lowest BCUT2D eigenvalue weighted by molar-refractivity contribution is -0.133. The summed E-state index contributed by atoms with van der Waals surface area (Å²) in [6.45, 7) is 5.78. The molecule has 21 heavy (non-hydrogen) atoms. The Morgan fingerprint density at radius 1 is 1.14 bits per heavy atom. The molecule has 1 N–H and O–H groups in total. The van der Waals surface area contributed by atoms with E-state index in [1.54, 1.807) is 0 Å². The van der Waals surface area contributed by atoms with Crippen LogP contribution in [0.4, 0.5) is 0 Å². The summed E-state index contributed by atoms with van der Waals surface area (Å²) < 4.78 is 0. The molecule has 2 rings (SSSR count). The summed E-state index contributed by atoms with van der Waals surface area (Å²) in [4.78, 5) is 14.5. The van der Waals surface area contributed by atoms with E-state index in [1.165, 1.54) is 12.8 Å². The third kappa shape index (κ3) is 4.45. The summed E-state index contributed by atoms with van der Waals surface area (Å²) in [7, 11) is 0. The molecular formula is C17H25ClN2O. The standard InChI is InChI=1S/C17H25ClN2O/c1-13(15-9-5-6-10-16(15)18)19-14(2)17(21)20-11-7-3-4-8-12-20/h5-6,9-10,13-14,19H,3-4,7-8,11-12H2,1-2H3/t13-,14?/m0/s1. The van der Waals surface area contributed by atoms with E-state index in [1.807, 2.05) is 43.0 Å². The van der Waals surface area contributed by atoms with E-state index in [0.717, 1.165) is 36.5 Å². The fourth-order valence-corrected chi connectivity index (χ4v) is 3.23. The van der Waals surface area contributed by atoms with Gasteiger partial charge in [0.15, 0.2) is 0 Å². The van der Waals surface area contributed by atoms with Crippen molar-refractivity contribution in [2.75, 3.05) is 13.1 Å². The molecule has 1 unspecified atom stereocenters. The highest BCUT2D eigenvalue weighted by Crippen LogP contribution is 2.22. The number of hydrogen-bond donors (Lipinski definition) is 1. The second kappa shape index (κ2) is 7.81. The van der Waals surface area contributed by atoms with E-state index >= 15 is 0 Å². The molecular weight excluding hydrogens is 284 g/mol. The van der Waals surface area contributed by atoms with Crippen LogP contribution in [-0.4, -0.2) is 29.9 Å². The number of nitrogens with one attached hydrogen (secondary N) is 1. The SMILES string of the molecule is CC(N[C@@H](C)c1ccccc1Cl)C(=O)N1CCCCCC1. The quantitative estimate of drug-likeness (QED) is 0.918. The van der Waals surface area contributed by atoms with Crippen molar-refractivity contribution in [2.24, 2.45) is 0 Å². The van der Waals surface area contributed by atoms with Gasteiger partial charge in [-0.15, -0.1) is 0 Å². The summed E-state index contributed by atoms with van der Waals surface area (Å²) >= 11 is 6.22. The number of carbonyl (C=O) groups excluding carboxylic acids is 1. The van der Waals surface area contributed by atoms with Crippen molar-refractivity contribution in [3.05, 3.63) is 34.9 Å². The van der Waals surface area contributed by atoms with Gasteiger partial charge < -0.3 is 4.90 Å². The molecule has 1 fully saturated rings. The Hall–Kier alpha value is -1.06. The third-order valence-electron chi connectivity index (χ3n) is 4.16. The number of nitrogens with zero attached hydrogens (tertiary/aromatic N) is 1. The van der Waals surface area contributed by atoms with E-state index in [-0.39, 0.29) is 18.0 Å². The van der Waals surface area contributed by atoms with Gasteiger partial charge in [-0.25, -0.2) is 0 Å². The number of benzene rings is 1. The zero-order chi connectivity index (χ0) is 15.2. The van der Waals surface area contributed by atoms with Gasteiger partial charge in [0.25, 0.3) is 0 Å².